The number of nitrogens with two attached hydrogens (primary N) is 1. The maximum Gasteiger partial charge on any atom is 0.280 e. The fourth-order valence-electron chi connectivity index (χ4n) is 2.31. The summed E-state index contributed by atoms with van der Waals surface area (Å²) in [5, 5.41) is 0. The van der Waals surface area contributed by atoms with Gasteiger partial charge in [-0.2, -0.15) is 4.99 Å². The van der Waals surface area contributed by atoms with Crippen LogP contribution in [0, 0.1) is 0 Å². The molecule has 6 nitrogen and oxygen atoms in total. The molecule has 1 atom stereocenters. The zero-order valence-corrected chi connectivity index (χ0v) is 16.5. The number of para-hydroxylation sites is 1. The van der Waals surface area contributed by atoms with Crippen molar-refractivity contribution in [2.45, 2.75) is 6.35 Å². The highest BCUT2D eigenvalue weighted by Gasteiger charge is 2.29. The molecule has 138 valence electrons. The van der Waals surface area contributed by atoms with Crippen LogP contribution in [0.15, 0.2) is 76.0 Å². The standard InChI is InChI=1S/C18H17BrN2O3.CH5N/c1-22-16-12-17(23-2)21(14-10-8-13(19)9-11-14)18(20-16)24-15-6-4-3-5-7-15;1-2/h3-12,18H,1-2H3;2H2,1H3. The van der Waals surface area contributed by atoms with Crippen molar-refractivity contribution in [2.75, 3.05) is 26.2 Å². The summed E-state index contributed by atoms with van der Waals surface area (Å²) in [5.41, 5.74) is 5.39. The van der Waals surface area contributed by atoms with E-state index in [0.717, 1.165) is 10.2 Å². The largest absolute Gasteiger partial charge is 0.482 e. The van der Waals surface area contributed by atoms with Crippen LogP contribution in [0.5, 0.6) is 5.75 Å². The zero-order valence-electron chi connectivity index (χ0n) is 14.9. The number of ether oxygens (including phenoxy) is 3. The average Bonchev–Trinajstić information content (AvgIpc) is 2.70. The van der Waals surface area contributed by atoms with Crippen LogP contribution in [0.2, 0.25) is 0 Å². The Balaban J connectivity index is 0.00000117. The van der Waals surface area contributed by atoms with Gasteiger partial charge < -0.3 is 19.9 Å². The Morgan fingerprint density at radius 3 is 2.19 bits per heavy atom. The van der Waals surface area contributed by atoms with Gasteiger partial charge in [0.05, 0.1) is 20.3 Å². The van der Waals surface area contributed by atoms with Gasteiger partial charge in [-0.3, -0.25) is 4.90 Å². The van der Waals surface area contributed by atoms with Crippen molar-refractivity contribution in [1.29, 1.82) is 0 Å². The number of aliphatic imine (C=N–C) groups is 1. The number of methoxy groups -OCH3 is 2. The van der Waals surface area contributed by atoms with Crippen LogP contribution < -0.4 is 15.4 Å². The maximum atomic E-state index is 6.04. The summed E-state index contributed by atoms with van der Waals surface area (Å²) >= 11 is 3.45. The van der Waals surface area contributed by atoms with Crippen LogP contribution in [-0.2, 0) is 9.47 Å². The van der Waals surface area contributed by atoms with Gasteiger partial charge in [0, 0.05) is 10.2 Å². The second-order valence-electron chi connectivity index (χ2n) is 4.96. The third-order valence-corrected chi connectivity index (χ3v) is 3.98. The van der Waals surface area contributed by atoms with E-state index in [4.69, 9.17) is 14.2 Å². The fourth-order valence-corrected chi connectivity index (χ4v) is 2.58. The Hall–Kier alpha value is -2.51. The SMILES string of the molecule is CN.COC1=CC(OC)=NC(Oc2ccccc2)N1c1ccc(Br)cc1. The van der Waals surface area contributed by atoms with Crippen molar-refractivity contribution >= 4 is 27.5 Å². The number of anilines is 1. The summed E-state index contributed by atoms with van der Waals surface area (Å²) in [4.78, 5) is 6.37. The maximum absolute atomic E-state index is 6.04. The normalized spacial score (nSPS) is 15.9. The van der Waals surface area contributed by atoms with Crippen molar-refractivity contribution in [3.63, 3.8) is 0 Å². The molecule has 2 aromatic rings. The van der Waals surface area contributed by atoms with Crippen molar-refractivity contribution in [2.24, 2.45) is 10.7 Å². The minimum atomic E-state index is -0.636. The van der Waals surface area contributed by atoms with Crippen molar-refractivity contribution in [3.05, 3.63) is 71.0 Å². The van der Waals surface area contributed by atoms with Crippen molar-refractivity contribution in [1.82, 2.24) is 0 Å². The summed E-state index contributed by atoms with van der Waals surface area (Å²) in [7, 11) is 4.67. The number of hydrogen-bond acceptors (Lipinski definition) is 6. The van der Waals surface area contributed by atoms with Crippen LogP contribution in [0.1, 0.15) is 0 Å². The molecule has 0 amide bonds. The van der Waals surface area contributed by atoms with E-state index in [1.807, 2.05) is 59.5 Å². The first kappa shape index (κ1) is 19.8. The Bertz CT molecular complexity index is 748. The lowest BCUT2D eigenvalue weighted by atomic mass is 10.3. The third-order valence-electron chi connectivity index (χ3n) is 3.45. The number of benzene rings is 2. The van der Waals surface area contributed by atoms with Gasteiger partial charge in [-0.15, -0.1) is 0 Å². The number of nitrogens with zero attached hydrogens (tertiary/aromatic N) is 2. The molecule has 3 rings (SSSR count). The quantitative estimate of drug-likeness (QED) is 0.816. The lowest BCUT2D eigenvalue weighted by Gasteiger charge is -2.34. The van der Waals surface area contributed by atoms with Gasteiger partial charge >= 0.3 is 0 Å². The van der Waals surface area contributed by atoms with Gasteiger partial charge in [-0.25, -0.2) is 0 Å². The fraction of sp³-hybridized carbons (Fsp3) is 0.211. The number of hydrogen-bond donors (Lipinski definition) is 1. The third kappa shape index (κ3) is 4.77. The predicted molar refractivity (Wildman–Crippen MR) is 107 cm³/mol. The van der Waals surface area contributed by atoms with E-state index in [2.05, 4.69) is 26.7 Å². The first-order chi connectivity index (χ1) is 12.7. The van der Waals surface area contributed by atoms with Crippen LogP contribution in [-0.4, -0.2) is 33.5 Å². The Morgan fingerprint density at radius 2 is 1.62 bits per heavy atom. The predicted octanol–water partition coefficient (Wildman–Crippen LogP) is 3.74. The van der Waals surface area contributed by atoms with Crippen LogP contribution in [0.3, 0.4) is 0 Å². The highest BCUT2D eigenvalue weighted by Crippen LogP contribution is 2.29. The first-order valence-corrected chi connectivity index (χ1v) is 8.72. The average molecular weight is 420 g/mol. The molecule has 1 aliphatic rings. The molecule has 0 radical (unpaired) electrons. The topological polar surface area (TPSA) is 69.3 Å². The van der Waals surface area contributed by atoms with E-state index in [-0.39, 0.29) is 0 Å². The highest BCUT2D eigenvalue weighted by atomic mass is 79.9. The Labute approximate surface area is 162 Å². The van der Waals surface area contributed by atoms with E-state index < -0.39 is 6.35 Å². The molecule has 2 N–H and O–H groups in total. The number of rotatable bonds is 4. The monoisotopic (exact) mass is 419 g/mol. The summed E-state index contributed by atoms with van der Waals surface area (Å²) in [6, 6.07) is 17.4. The number of halogens is 1. The Kier molecular flexibility index (Phi) is 7.50. The molecule has 0 spiro atoms. The first-order valence-electron chi connectivity index (χ1n) is 7.93. The second-order valence-corrected chi connectivity index (χ2v) is 5.88. The van der Waals surface area contributed by atoms with E-state index in [1.54, 1.807) is 20.3 Å². The molecule has 26 heavy (non-hydrogen) atoms. The van der Waals surface area contributed by atoms with Crippen LogP contribution in [0.4, 0.5) is 5.69 Å². The molecule has 0 saturated heterocycles. The summed E-state index contributed by atoms with van der Waals surface area (Å²) in [6.45, 7) is 0. The minimum absolute atomic E-state index is 0.446. The van der Waals surface area contributed by atoms with E-state index in [1.165, 1.54) is 7.05 Å². The molecule has 0 aromatic heterocycles. The lowest BCUT2D eigenvalue weighted by Crippen LogP contribution is -2.42. The van der Waals surface area contributed by atoms with Gasteiger partial charge in [0.1, 0.15) is 5.75 Å². The molecule has 1 unspecified atom stereocenters. The van der Waals surface area contributed by atoms with E-state index in [0.29, 0.717) is 17.5 Å². The van der Waals surface area contributed by atoms with Gasteiger partial charge in [0.25, 0.3) is 6.35 Å². The molecule has 7 heteroatoms. The molecule has 0 bridgehead atoms. The molecule has 0 saturated carbocycles. The molecule has 1 aliphatic heterocycles. The van der Waals surface area contributed by atoms with Crippen LogP contribution >= 0.6 is 15.9 Å². The van der Waals surface area contributed by atoms with Gasteiger partial charge in [-0.05, 0) is 43.4 Å². The smallest absolute Gasteiger partial charge is 0.280 e. The summed E-state index contributed by atoms with van der Waals surface area (Å²) in [5.74, 6) is 1.74. The zero-order chi connectivity index (χ0) is 18.9. The molecule has 0 fully saturated rings. The summed E-state index contributed by atoms with van der Waals surface area (Å²) in [6.07, 6.45) is 1.09. The minimum Gasteiger partial charge on any atom is -0.482 e. The van der Waals surface area contributed by atoms with Gasteiger partial charge in [0.2, 0.25) is 11.8 Å². The van der Waals surface area contributed by atoms with Gasteiger partial charge in [-0.1, -0.05) is 34.1 Å². The van der Waals surface area contributed by atoms with Crippen molar-refractivity contribution in [3.8, 4) is 5.75 Å². The van der Waals surface area contributed by atoms with Crippen LogP contribution in [0.25, 0.3) is 0 Å². The summed E-state index contributed by atoms with van der Waals surface area (Å²) < 4.78 is 17.8. The lowest BCUT2D eigenvalue weighted by molar-refractivity contribution is 0.170. The molecular weight excluding hydrogens is 398 g/mol. The van der Waals surface area contributed by atoms with Crippen molar-refractivity contribution < 1.29 is 14.2 Å². The molecular formula is C19H22BrN3O3. The highest BCUT2D eigenvalue weighted by molar-refractivity contribution is 9.10. The molecule has 1 heterocycles. The van der Waals surface area contributed by atoms with E-state index >= 15 is 0 Å². The van der Waals surface area contributed by atoms with Gasteiger partial charge in [0.15, 0.2) is 0 Å². The second kappa shape index (κ2) is 9.84. The molecule has 2 aromatic carbocycles. The van der Waals surface area contributed by atoms with E-state index in [9.17, 15) is 0 Å². The molecule has 0 aliphatic carbocycles. The Morgan fingerprint density at radius 1 is 0.962 bits per heavy atom.